The van der Waals surface area contributed by atoms with Gasteiger partial charge in [0.15, 0.2) is 0 Å². The van der Waals surface area contributed by atoms with E-state index in [1.54, 1.807) is 0 Å². The normalized spacial score (nSPS) is 13.9. The van der Waals surface area contributed by atoms with Crippen LogP contribution in [0.3, 0.4) is 0 Å². The predicted molar refractivity (Wildman–Crippen MR) is 45.6 cm³/mol. The van der Waals surface area contributed by atoms with Gasteiger partial charge in [-0.15, -0.1) is 0 Å². The number of nitrogens with zero attached hydrogens (tertiary/aromatic N) is 1. The van der Waals surface area contributed by atoms with E-state index in [1.807, 2.05) is 0 Å². The van der Waals surface area contributed by atoms with E-state index in [4.69, 9.17) is 0 Å². The number of hydrogen-bond acceptors (Lipinski definition) is 1. The molecule has 1 nitrogen and oxygen atoms in total. The van der Waals surface area contributed by atoms with Gasteiger partial charge in [0.05, 0.1) is 0 Å². The molecule has 54 valence electrons. The second kappa shape index (κ2) is 4.86. The van der Waals surface area contributed by atoms with E-state index in [0.29, 0.717) is 0 Å². The highest BCUT2D eigenvalue weighted by atomic mass is 15.0. The average Bonchev–Trinajstić information content (AvgIpc) is 1.83. The number of rotatable bonds is 4. The third-order valence-electron chi connectivity index (χ3n) is 1.77. The third kappa shape index (κ3) is 5.90. The largest absolute Gasteiger partial charge is 0.309 e. The van der Waals surface area contributed by atoms with E-state index in [9.17, 15) is 0 Å². The van der Waals surface area contributed by atoms with Crippen molar-refractivity contribution in [2.24, 2.45) is 0 Å². The summed E-state index contributed by atoms with van der Waals surface area (Å²) in [6.07, 6.45) is 1.34. The topological polar surface area (TPSA) is 3.24 Å². The first-order valence-corrected chi connectivity index (χ1v) is 3.81. The second-order valence-corrected chi connectivity index (χ2v) is 3.11. The molecule has 0 N–H and O–H groups in total. The molecule has 0 spiro atoms. The van der Waals surface area contributed by atoms with Crippen LogP contribution >= 0.6 is 0 Å². The zero-order valence-corrected chi connectivity index (χ0v) is 7.15. The molecule has 1 unspecified atom stereocenters. The molecule has 0 aliphatic rings. The molecule has 0 aliphatic carbocycles. The van der Waals surface area contributed by atoms with Gasteiger partial charge in [-0.2, -0.15) is 0 Å². The summed E-state index contributed by atoms with van der Waals surface area (Å²) in [6, 6.07) is 0. The molecule has 0 saturated heterocycles. The molecule has 0 radical (unpaired) electrons. The zero-order chi connectivity index (χ0) is 7.28. The van der Waals surface area contributed by atoms with E-state index in [1.165, 1.54) is 20.2 Å². The Morgan fingerprint density at radius 2 is 2.00 bits per heavy atom. The highest BCUT2D eigenvalue weighted by molar-refractivity contribution is 6.35. The van der Waals surface area contributed by atoms with Gasteiger partial charge in [0.2, 0.25) is 0 Å². The lowest BCUT2D eigenvalue weighted by Crippen LogP contribution is -2.15. The Hall–Kier alpha value is 0.0249. The van der Waals surface area contributed by atoms with Gasteiger partial charge >= 0.3 is 0 Å². The van der Waals surface area contributed by atoms with Crippen molar-refractivity contribution in [3.8, 4) is 0 Å². The fourth-order valence-electron chi connectivity index (χ4n) is 0.683. The van der Waals surface area contributed by atoms with Crippen LogP contribution in [0.5, 0.6) is 0 Å². The van der Waals surface area contributed by atoms with Crippen LogP contribution in [0.15, 0.2) is 0 Å². The monoisotopic (exact) mass is 127 g/mol. The van der Waals surface area contributed by atoms with Gasteiger partial charge in [0.25, 0.3) is 0 Å². The molecule has 2 heteroatoms. The zero-order valence-electron chi connectivity index (χ0n) is 7.15. The summed E-state index contributed by atoms with van der Waals surface area (Å²) < 4.78 is 0. The Bertz CT molecular complexity index is 63.9. The summed E-state index contributed by atoms with van der Waals surface area (Å²) in [5, 5.41) is 0. The Labute approximate surface area is 59.7 Å². The Kier molecular flexibility index (Phi) is 4.88. The highest BCUT2D eigenvalue weighted by Crippen LogP contribution is 2.06. The van der Waals surface area contributed by atoms with Crippen molar-refractivity contribution in [2.75, 3.05) is 20.6 Å². The summed E-state index contributed by atoms with van der Waals surface area (Å²) in [5.74, 6) is 0.896. The summed E-state index contributed by atoms with van der Waals surface area (Å²) in [7, 11) is 5.57. The predicted octanol–water partition coefficient (Wildman–Crippen LogP) is 1.23. The van der Waals surface area contributed by atoms with Crippen molar-refractivity contribution in [1.82, 2.24) is 4.90 Å². The van der Waals surface area contributed by atoms with Crippen molar-refractivity contribution >= 4 is 7.28 Å². The lowest BCUT2D eigenvalue weighted by atomic mass is 9.66. The molecule has 0 aromatic rings. The molecule has 9 heavy (non-hydrogen) atoms. The molecule has 0 rings (SSSR count). The molecule has 1 atom stereocenters. The van der Waals surface area contributed by atoms with Crippen molar-refractivity contribution in [2.45, 2.75) is 26.0 Å². The Balaban J connectivity index is 3.06. The summed E-state index contributed by atoms with van der Waals surface area (Å²) in [5.41, 5.74) is 0. The van der Waals surface area contributed by atoms with Crippen molar-refractivity contribution < 1.29 is 0 Å². The molecule has 0 saturated carbocycles. The van der Waals surface area contributed by atoms with Gasteiger partial charge in [0, 0.05) is 0 Å². The van der Waals surface area contributed by atoms with Gasteiger partial charge < -0.3 is 4.90 Å². The van der Waals surface area contributed by atoms with Gasteiger partial charge in [-0.1, -0.05) is 19.6 Å². The fourth-order valence-corrected chi connectivity index (χ4v) is 0.683. The van der Waals surface area contributed by atoms with Gasteiger partial charge in [-0.3, -0.25) is 0 Å². The first-order valence-electron chi connectivity index (χ1n) is 3.81. The van der Waals surface area contributed by atoms with Crippen LogP contribution in [-0.2, 0) is 0 Å². The molecular weight excluding hydrogens is 109 g/mol. The maximum atomic E-state index is 2.31. The molecule has 0 aliphatic heterocycles. The third-order valence-corrected chi connectivity index (χ3v) is 1.77. The van der Waals surface area contributed by atoms with E-state index in [-0.39, 0.29) is 0 Å². The highest BCUT2D eigenvalue weighted by Gasteiger charge is 1.99. The van der Waals surface area contributed by atoms with Crippen LogP contribution in [0.2, 0.25) is 12.6 Å². The summed E-state index contributed by atoms with van der Waals surface area (Å²) in [6.45, 7) is 5.79. The lowest BCUT2D eigenvalue weighted by Gasteiger charge is -2.12. The summed E-state index contributed by atoms with van der Waals surface area (Å²) in [4.78, 5) is 2.24. The maximum Gasteiger partial charge on any atom is 0.120 e. The lowest BCUT2D eigenvalue weighted by molar-refractivity contribution is 0.397. The maximum absolute atomic E-state index is 2.31. The van der Waals surface area contributed by atoms with E-state index < -0.39 is 0 Å². The average molecular weight is 127 g/mol. The Morgan fingerprint density at radius 1 is 1.44 bits per heavy atom. The molecule has 0 amide bonds. The smallest absolute Gasteiger partial charge is 0.120 e. The van der Waals surface area contributed by atoms with Gasteiger partial charge in [-0.25, -0.2) is 0 Å². The SMILES string of the molecule is CBC(C)CCN(C)C. The van der Waals surface area contributed by atoms with Crippen LogP contribution in [0, 0.1) is 0 Å². The first-order chi connectivity index (χ1) is 4.16. The minimum absolute atomic E-state index is 0.896. The summed E-state index contributed by atoms with van der Waals surface area (Å²) >= 11 is 0. The van der Waals surface area contributed by atoms with Gasteiger partial charge in [0.1, 0.15) is 7.28 Å². The molecule has 0 bridgehead atoms. The molecule has 0 heterocycles. The van der Waals surface area contributed by atoms with Crippen LogP contribution < -0.4 is 0 Å². The van der Waals surface area contributed by atoms with Crippen LogP contribution in [0.25, 0.3) is 0 Å². The number of hydrogen-bond donors (Lipinski definition) is 0. The first kappa shape index (κ1) is 9.02. The van der Waals surface area contributed by atoms with Gasteiger partial charge in [-0.05, 0) is 27.1 Å². The Morgan fingerprint density at radius 3 is 2.33 bits per heavy atom. The van der Waals surface area contributed by atoms with E-state index in [0.717, 1.165) is 5.82 Å². The van der Waals surface area contributed by atoms with E-state index in [2.05, 4.69) is 32.7 Å². The van der Waals surface area contributed by atoms with Crippen molar-refractivity contribution in [3.05, 3.63) is 0 Å². The van der Waals surface area contributed by atoms with Crippen molar-refractivity contribution in [1.29, 1.82) is 0 Å². The van der Waals surface area contributed by atoms with Crippen molar-refractivity contribution in [3.63, 3.8) is 0 Å². The molecule has 0 fully saturated rings. The standard InChI is InChI=1S/C7H18BN/c1-7(8-2)5-6-9(3)4/h7-8H,5-6H2,1-4H3. The van der Waals surface area contributed by atoms with Crippen LogP contribution in [0.4, 0.5) is 0 Å². The molecule has 0 aromatic heterocycles. The molecular formula is C7H18BN. The fraction of sp³-hybridized carbons (Fsp3) is 1.00. The minimum atomic E-state index is 0.896. The quantitative estimate of drug-likeness (QED) is 0.513. The van der Waals surface area contributed by atoms with Crippen LogP contribution in [-0.4, -0.2) is 32.8 Å². The van der Waals surface area contributed by atoms with Crippen LogP contribution in [0.1, 0.15) is 13.3 Å². The van der Waals surface area contributed by atoms with E-state index >= 15 is 0 Å². The molecule has 0 aromatic carbocycles. The minimum Gasteiger partial charge on any atom is -0.309 e. The second-order valence-electron chi connectivity index (χ2n) is 3.11.